The normalized spacial score (nSPS) is 21.0. The summed E-state index contributed by atoms with van der Waals surface area (Å²) in [6, 6.07) is 8.16. The highest BCUT2D eigenvalue weighted by Crippen LogP contribution is 2.36. The number of hydrogen-bond donors (Lipinski definition) is 1. The Labute approximate surface area is 137 Å². The average molecular weight is 315 g/mol. The van der Waals surface area contributed by atoms with Crippen molar-refractivity contribution in [3.63, 3.8) is 0 Å². The van der Waals surface area contributed by atoms with Crippen molar-refractivity contribution < 1.29 is 14.3 Å². The molecule has 1 N–H and O–H groups in total. The largest absolute Gasteiger partial charge is 0.457 e. The van der Waals surface area contributed by atoms with Crippen LogP contribution in [0.25, 0.3) is 0 Å². The number of carbonyl (C=O) groups is 2. The van der Waals surface area contributed by atoms with E-state index in [9.17, 15) is 9.59 Å². The summed E-state index contributed by atoms with van der Waals surface area (Å²) < 4.78 is 5.57. The second-order valence-corrected chi connectivity index (χ2v) is 7.09. The number of allylic oxidation sites excluding steroid dienone is 1. The first-order valence-electron chi connectivity index (χ1n) is 8.00. The van der Waals surface area contributed by atoms with Crippen LogP contribution in [-0.4, -0.2) is 24.0 Å². The molecule has 2 unspecified atom stereocenters. The van der Waals surface area contributed by atoms with E-state index in [1.54, 1.807) is 31.2 Å². The minimum atomic E-state index is -0.679. The summed E-state index contributed by atoms with van der Waals surface area (Å²) in [4.78, 5) is 24.3. The highest BCUT2D eigenvalue weighted by atomic mass is 16.5. The molecule has 0 saturated carbocycles. The van der Waals surface area contributed by atoms with Crippen molar-refractivity contribution in [1.29, 1.82) is 0 Å². The van der Waals surface area contributed by atoms with Gasteiger partial charge in [-0.2, -0.15) is 0 Å². The summed E-state index contributed by atoms with van der Waals surface area (Å²) in [5.74, 6) is -0.674. The first-order chi connectivity index (χ1) is 10.8. The number of hydrogen-bond acceptors (Lipinski definition) is 3. The van der Waals surface area contributed by atoms with Crippen molar-refractivity contribution >= 4 is 11.9 Å². The molecule has 1 aromatic rings. The molecule has 0 fully saturated rings. The molecule has 0 bridgehead atoms. The number of ether oxygens (including phenoxy) is 1. The predicted octanol–water partition coefficient (Wildman–Crippen LogP) is 3.48. The zero-order chi connectivity index (χ0) is 17.0. The van der Waals surface area contributed by atoms with Gasteiger partial charge in [0.15, 0.2) is 0 Å². The molecule has 2 atom stereocenters. The maximum absolute atomic E-state index is 12.2. The van der Waals surface area contributed by atoms with Gasteiger partial charge in [0.2, 0.25) is 0 Å². The Morgan fingerprint density at radius 1 is 1.26 bits per heavy atom. The van der Waals surface area contributed by atoms with Crippen LogP contribution in [0.4, 0.5) is 0 Å². The molecular formula is C19H25NO3. The van der Waals surface area contributed by atoms with Crippen molar-refractivity contribution in [2.24, 2.45) is 5.41 Å². The Balaban J connectivity index is 1.93. The number of amides is 1. The van der Waals surface area contributed by atoms with E-state index in [0.29, 0.717) is 5.56 Å². The second-order valence-electron chi connectivity index (χ2n) is 7.09. The van der Waals surface area contributed by atoms with Crippen LogP contribution in [0.1, 0.15) is 50.9 Å². The predicted molar refractivity (Wildman–Crippen MR) is 90.0 cm³/mol. The molecule has 0 saturated heterocycles. The summed E-state index contributed by atoms with van der Waals surface area (Å²) in [6.45, 7) is 8.05. The van der Waals surface area contributed by atoms with Gasteiger partial charge in [-0.15, -0.1) is 0 Å². The van der Waals surface area contributed by atoms with Crippen molar-refractivity contribution in [3.8, 4) is 0 Å². The Hall–Kier alpha value is -2.10. The maximum atomic E-state index is 12.2. The molecule has 4 heteroatoms. The second kappa shape index (κ2) is 6.99. The third-order valence-corrected chi connectivity index (χ3v) is 3.99. The zero-order valence-electron chi connectivity index (χ0n) is 14.3. The monoisotopic (exact) mass is 315 g/mol. The van der Waals surface area contributed by atoms with Crippen LogP contribution in [0.15, 0.2) is 42.0 Å². The molecule has 4 nitrogen and oxygen atoms in total. The third kappa shape index (κ3) is 4.95. The van der Waals surface area contributed by atoms with Gasteiger partial charge in [-0.25, -0.2) is 4.79 Å². The molecular weight excluding hydrogens is 290 g/mol. The van der Waals surface area contributed by atoms with Crippen LogP contribution >= 0.6 is 0 Å². The van der Waals surface area contributed by atoms with E-state index in [1.165, 1.54) is 5.57 Å². The summed E-state index contributed by atoms with van der Waals surface area (Å²) in [6.07, 6.45) is 3.60. The van der Waals surface area contributed by atoms with Crippen LogP contribution in [0, 0.1) is 5.41 Å². The quantitative estimate of drug-likeness (QED) is 0.683. The molecule has 23 heavy (non-hydrogen) atoms. The van der Waals surface area contributed by atoms with Crippen LogP contribution in [-0.2, 0) is 9.53 Å². The van der Waals surface area contributed by atoms with Crippen molar-refractivity contribution in [3.05, 3.63) is 47.5 Å². The van der Waals surface area contributed by atoms with E-state index < -0.39 is 12.0 Å². The summed E-state index contributed by atoms with van der Waals surface area (Å²) in [5, 5.41) is 2.68. The van der Waals surface area contributed by atoms with Gasteiger partial charge in [-0.3, -0.25) is 4.79 Å². The first-order valence-corrected chi connectivity index (χ1v) is 8.00. The van der Waals surface area contributed by atoms with Gasteiger partial charge in [0.05, 0.1) is 0 Å². The molecule has 124 valence electrons. The standard InChI is InChI=1S/C19H25NO3/c1-13-10-16(12-19(3,4)11-13)23-18(22)14(2)20-17(21)15-8-6-5-7-9-15/h5-10,14,16H,11-12H2,1-4H3,(H,20,21). The Kier molecular flexibility index (Phi) is 5.24. The third-order valence-electron chi connectivity index (χ3n) is 3.99. The number of rotatable bonds is 4. The minimum Gasteiger partial charge on any atom is -0.457 e. The fourth-order valence-electron chi connectivity index (χ4n) is 3.06. The molecule has 1 aromatic carbocycles. The van der Waals surface area contributed by atoms with E-state index in [4.69, 9.17) is 4.74 Å². The topological polar surface area (TPSA) is 55.4 Å². The summed E-state index contributed by atoms with van der Waals surface area (Å²) in [5.41, 5.74) is 1.89. The highest BCUT2D eigenvalue weighted by Gasteiger charge is 2.30. The molecule has 0 aliphatic heterocycles. The zero-order valence-corrected chi connectivity index (χ0v) is 14.3. The lowest BCUT2D eigenvalue weighted by molar-refractivity contribution is -0.150. The Morgan fingerprint density at radius 2 is 1.91 bits per heavy atom. The molecule has 0 aromatic heterocycles. The summed E-state index contributed by atoms with van der Waals surface area (Å²) >= 11 is 0. The smallest absolute Gasteiger partial charge is 0.328 e. The SMILES string of the molecule is CC1=CC(OC(=O)C(C)NC(=O)c2ccccc2)CC(C)(C)C1. The fraction of sp³-hybridized carbons (Fsp3) is 0.474. The van der Waals surface area contributed by atoms with Gasteiger partial charge in [-0.1, -0.05) is 37.6 Å². The fourth-order valence-corrected chi connectivity index (χ4v) is 3.06. The Morgan fingerprint density at radius 3 is 2.52 bits per heavy atom. The van der Waals surface area contributed by atoms with Gasteiger partial charge >= 0.3 is 5.97 Å². The van der Waals surface area contributed by atoms with Crippen LogP contribution in [0.2, 0.25) is 0 Å². The minimum absolute atomic E-state index is 0.125. The number of carbonyl (C=O) groups excluding carboxylic acids is 2. The molecule has 0 radical (unpaired) electrons. The van der Waals surface area contributed by atoms with Crippen molar-refractivity contribution in [2.75, 3.05) is 0 Å². The molecule has 1 aliphatic carbocycles. The van der Waals surface area contributed by atoms with Gasteiger partial charge in [0.25, 0.3) is 5.91 Å². The van der Waals surface area contributed by atoms with Gasteiger partial charge in [-0.05, 0) is 50.3 Å². The lowest BCUT2D eigenvalue weighted by atomic mass is 9.76. The van der Waals surface area contributed by atoms with Crippen molar-refractivity contribution in [1.82, 2.24) is 5.32 Å². The molecule has 1 aliphatic rings. The average Bonchev–Trinajstić information content (AvgIpc) is 2.45. The van der Waals surface area contributed by atoms with Gasteiger partial charge < -0.3 is 10.1 Å². The van der Waals surface area contributed by atoms with E-state index in [2.05, 4.69) is 26.1 Å². The number of benzene rings is 1. The molecule has 0 heterocycles. The van der Waals surface area contributed by atoms with Crippen molar-refractivity contribution in [2.45, 2.75) is 52.7 Å². The summed E-state index contributed by atoms with van der Waals surface area (Å²) in [7, 11) is 0. The molecule has 1 amide bonds. The van der Waals surface area contributed by atoms with Crippen LogP contribution < -0.4 is 5.32 Å². The lowest BCUT2D eigenvalue weighted by Crippen LogP contribution is -2.41. The van der Waals surface area contributed by atoms with E-state index in [0.717, 1.165) is 12.8 Å². The van der Waals surface area contributed by atoms with E-state index in [1.807, 2.05) is 12.1 Å². The maximum Gasteiger partial charge on any atom is 0.328 e. The van der Waals surface area contributed by atoms with Gasteiger partial charge in [0.1, 0.15) is 12.1 Å². The first kappa shape index (κ1) is 17.3. The highest BCUT2D eigenvalue weighted by molar-refractivity contribution is 5.96. The number of nitrogens with one attached hydrogen (secondary N) is 1. The lowest BCUT2D eigenvalue weighted by Gasteiger charge is -2.33. The number of esters is 1. The van der Waals surface area contributed by atoms with Gasteiger partial charge in [0, 0.05) is 5.56 Å². The molecule has 0 spiro atoms. The van der Waals surface area contributed by atoms with Crippen LogP contribution in [0.5, 0.6) is 0 Å². The molecule has 2 rings (SSSR count). The van der Waals surface area contributed by atoms with E-state index >= 15 is 0 Å². The van der Waals surface area contributed by atoms with E-state index in [-0.39, 0.29) is 17.4 Å². The van der Waals surface area contributed by atoms with Crippen LogP contribution in [0.3, 0.4) is 0 Å². The Bertz CT molecular complexity index is 604.